The van der Waals surface area contributed by atoms with Crippen LogP contribution in [0.4, 0.5) is 0 Å². The van der Waals surface area contributed by atoms with Crippen molar-refractivity contribution < 1.29 is 14.4 Å². The van der Waals surface area contributed by atoms with Crippen LogP contribution < -0.4 is 0 Å². The van der Waals surface area contributed by atoms with Gasteiger partial charge in [0.15, 0.2) is 0 Å². The SMILES string of the molecule is C=CCN1CCN(C=O)CCN(C=O)CCN(C=O)CC1. The first-order valence-electron chi connectivity index (χ1n) is 7.14. The Bertz CT molecular complexity index is 327. The van der Waals surface area contributed by atoms with Gasteiger partial charge in [0.05, 0.1) is 0 Å². The molecule has 7 heteroatoms. The van der Waals surface area contributed by atoms with Gasteiger partial charge in [-0.2, -0.15) is 0 Å². The van der Waals surface area contributed by atoms with E-state index in [9.17, 15) is 14.4 Å². The molecule has 0 saturated carbocycles. The number of hydrogen-bond acceptors (Lipinski definition) is 4. The summed E-state index contributed by atoms with van der Waals surface area (Å²) in [6, 6.07) is 0. The number of amides is 3. The fraction of sp³-hybridized carbons (Fsp3) is 0.643. The Kier molecular flexibility index (Phi) is 8.11. The summed E-state index contributed by atoms with van der Waals surface area (Å²) >= 11 is 0. The minimum atomic E-state index is 0.483. The van der Waals surface area contributed by atoms with E-state index in [1.165, 1.54) is 0 Å². The van der Waals surface area contributed by atoms with Gasteiger partial charge >= 0.3 is 0 Å². The standard InChI is InChI=1S/C14H24N4O3/c1-2-3-15-4-6-16(12-19)8-10-18(14-21)11-9-17(13-20)7-5-15/h2,12-14H,1,3-11H2. The van der Waals surface area contributed by atoms with E-state index in [-0.39, 0.29) is 0 Å². The van der Waals surface area contributed by atoms with E-state index in [2.05, 4.69) is 11.5 Å². The molecule has 0 aromatic carbocycles. The van der Waals surface area contributed by atoms with Gasteiger partial charge in [-0.05, 0) is 0 Å². The second-order valence-corrected chi connectivity index (χ2v) is 5.01. The lowest BCUT2D eigenvalue weighted by Crippen LogP contribution is -2.45. The normalized spacial score (nSPS) is 19.3. The average molecular weight is 296 g/mol. The maximum atomic E-state index is 11.1. The fourth-order valence-corrected chi connectivity index (χ4v) is 2.18. The summed E-state index contributed by atoms with van der Waals surface area (Å²) in [6.07, 6.45) is 4.22. The zero-order valence-electron chi connectivity index (χ0n) is 12.4. The molecule has 3 amide bonds. The number of hydrogen-bond donors (Lipinski definition) is 0. The molecule has 21 heavy (non-hydrogen) atoms. The number of carbonyl (C=O) groups is 3. The summed E-state index contributed by atoms with van der Waals surface area (Å²) in [7, 11) is 0. The van der Waals surface area contributed by atoms with Gasteiger partial charge in [0.1, 0.15) is 0 Å². The first-order valence-corrected chi connectivity index (χ1v) is 7.14. The molecule has 1 aliphatic rings. The highest BCUT2D eigenvalue weighted by Gasteiger charge is 2.13. The molecule has 1 saturated heterocycles. The molecule has 0 aromatic rings. The van der Waals surface area contributed by atoms with Crippen LogP contribution in [0.25, 0.3) is 0 Å². The van der Waals surface area contributed by atoms with Crippen molar-refractivity contribution in [1.29, 1.82) is 0 Å². The van der Waals surface area contributed by atoms with Gasteiger partial charge in [0, 0.05) is 58.9 Å². The van der Waals surface area contributed by atoms with Crippen molar-refractivity contribution in [2.24, 2.45) is 0 Å². The van der Waals surface area contributed by atoms with E-state index in [0.29, 0.717) is 39.3 Å². The van der Waals surface area contributed by atoms with E-state index < -0.39 is 0 Å². The van der Waals surface area contributed by atoms with E-state index in [1.54, 1.807) is 14.7 Å². The zero-order chi connectivity index (χ0) is 15.5. The molecule has 0 unspecified atom stereocenters. The molecule has 7 nitrogen and oxygen atoms in total. The molecule has 1 aliphatic heterocycles. The van der Waals surface area contributed by atoms with E-state index in [4.69, 9.17) is 0 Å². The summed E-state index contributed by atoms with van der Waals surface area (Å²) < 4.78 is 0. The monoisotopic (exact) mass is 296 g/mol. The second-order valence-electron chi connectivity index (χ2n) is 5.01. The van der Waals surface area contributed by atoms with E-state index >= 15 is 0 Å². The van der Waals surface area contributed by atoms with E-state index in [0.717, 1.165) is 38.9 Å². The number of rotatable bonds is 5. The summed E-state index contributed by atoms with van der Waals surface area (Å²) in [5.74, 6) is 0. The van der Waals surface area contributed by atoms with Gasteiger partial charge in [-0.15, -0.1) is 6.58 Å². The lowest BCUT2D eigenvalue weighted by molar-refractivity contribution is -0.123. The number of nitrogens with zero attached hydrogens (tertiary/aromatic N) is 4. The molecule has 0 aromatic heterocycles. The third-order valence-corrected chi connectivity index (χ3v) is 3.59. The van der Waals surface area contributed by atoms with Crippen molar-refractivity contribution >= 4 is 19.2 Å². The topological polar surface area (TPSA) is 64.2 Å². The molecule has 1 rings (SSSR count). The quantitative estimate of drug-likeness (QED) is 0.475. The summed E-state index contributed by atoms with van der Waals surface area (Å²) in [5, 5.41) is 0. The largest absolute Gasteiger partial charge is 0.342 e. The van der Waals surface area contributed by atoms with Crippen LogP contribution in [0.2, 0.25) is 0 Å². The minimum Gasteiger partial charge on any atom is -0.342 e. The Morgan fingerprint density at radius 1 is 0.667 bits per heavy atom. The van der Waals surface area contributed by atoms with Crippen LogP contribution in [0.3, 0.4) is 0 Å². The van der Waals surface area contributed by atoms with Crippen molar-refractivity contribution in [3.05, 3.63) is 12.7 Å². The van der Waals surface area contributed by atoms with Crippen molar-refractivity contribution in [3.63, 3.8) is 0 Å². The highest BCUT2D eigenvalue weighted by Crippen LogP contribution is 1.97. The Morgan fingerprint density at radius 2 is 1.00 bits per heavy atom. The maximum absolute atomic E-state index is 11.1. The molecule has 118 valence electrons. The second kappa shape index (κ2) is 9.93. The molecule has 1 fully saturated rings. The van der Waals surface area contributed by atoms with Crippen LogP contribution in [0.15, 0.2) is 12.7 Å². The van der Waals surface area contributed by atoms with Crippen molar-refractivity contribution in [2.75, 3.05) is 58.9 Å². The first kappa shape index (κ1) is 17.2. The third-order valence-electron chi connectivity index (χ3n) is 3.59. The van der Waals surface area contributed by atoms with Crippen molar-refractivity contribution in [3.8, 4) is 0 Å². The third kappa shape index (κ3) is 6.40. The molecule has 0 N–H and O–H groups in total. The smallest absolute Gasteiger partial charge is 0.209 e. The zero-order valence-corrected chi connectivity index (χ0v) is 12.4. The fourth-order valence-electron chi connectivity index (χ4n) is 2.18. The van der Waals surface area contributed by atoms with E-state index in [1.807, 2.05) is 6.08 Å². The Morgan fingerprint density at radius 3 is 1.29 bits per heavy atom. The van der Waals surface area contributed by atoms with Crippen molar-refractivity contribution in [2.45, 2.75) is 0 Å². The van der Waals surface area contributed by atoms with Crippen LogP contribution in [-0.4, -0.2) is 97.7 Å². The van der Waals surface area contributed by atoms with Gasteiger partial charge in [-0.3, -0.25) is 19.3 Å². The molecule has 0 radical (unpaired) electrons. The molecular weight excluding hydrogens is 272 g/mol. The highest BCUT2D eigenvalue weighted by molar-refractivity contribution is 5.49. The Hall–Kier alpha value is -1.89. The van der Waals surface area contributed by atoms with Crippen LogP contribution in [0, 0.1) is 0 Å². The Balaban J connectivity index is 2.68. The molecule has 0 atom stereocenters. The van der Waals surface area contributed by atoms with Gasteiger partial charge in [0.2, 0.25) is 19.2 Å². The van der Waals surface area contributed by atoms with Crippen molar-refractivity contribution in [1.82, 2.24) is 19.6 Å². The maximum Gasteiger partial charge on any atom is 0.209 e. The average Bonchev–Trinajstić information content (AvgIpc) is 2.50. The lowest BCUT2D eigenvalue weighted by Gasteiger charge is -2.30. The molecule has 0 bridgehead atoms. The molecule has 0 aliphatic carbocycles. The van der Waals surface area contributed by atoms with Crippen LogP contribution >= 0.6 is 0 Å². The molecule has 1 heterocycles. The van der Waals surface area contributed by atoms with Gasteiger partial charge < -0.3 is 14.7 Å². The molecule has 0 spiro atoms. The van der Waals surface area contributed by atoms with Crippen LogP contribution in [0.5, 0.6) is 0 Å². The first-order chi connectivity index (χ1) is 10.2. The highest BCUT2D eigenvalue weighted by atomic mass is 16.1. The minimum absolute atomic E-state index is 0.483. The van der Waals surface area contributed by atoms with Gasteiger partial charge in [-0.1, -0.05) is 6.08 Å². The number of carbonyl (C=O) groups excluding carboxylic acids is 3. The van der Waals surface area contributed by atoms with Crippen LogP contribution in [-0.2, 0) is 14.4 Å². The molecular formula is C14H24N4O3. The predicted octanol–water partition coefficient (Wildman–Crippen LogP) is -1.14. The summed E-state index contributed by atoms with van der Waals surface area (Å²) in [6.45, 7) is 9.07. The Labute approximate surface area is 125 Å². The predicted molar refractivity (Wildman–Crippen MR) is 79.5 cm³/mol. The summed E-state index contributed by atoms with van der Waals surface area (Å²) in [5.41, 5.74) is 0. The lowest BCUT2D eigenvalue weighted by atomic mass is 10.3. The van der Waals surface area contributed by atoms with Crippen LogP contribution in [0.1, 0.15) is 0 Å². The summed E-state index contributed by atoms with van der Waals surface area (Å²) in [4.78, 5) is 40.2. The van der Waals surface area contributed by atoms with Gasteiger partial charge in [0.25, 0.3) is 0 Å². The van der Waals surface area contributed by atoms with Gasteiger partial charge in [-0.25, -0.2) is 0 Å².